The van der Waals surface area contributed by atoms with Crippen molar-refractivity contribution < 1.29 is 9.47 Å². The molecule has 22 heavy (non-hydrogen) atoms. The monoisotopic (exact) mass is 296 g/mol. The lowest BCUT2D eigenvalue weighted by Crippen LogP contribution is -2.22. The topological polar surface area (TPSA) is 42.9 Å². The first-order valence-electron chi connectivity index (χ1n) is 7.56. The standard InChI is InChI=1S/C18H20N2O2/c1-2-21-11-12-22-16-9-7-14(8-10-16)18-17-6-4-3-5-15(17)13-19-20-18/h3-10,13,18,20H,2,11-12H2,1H3/t18-/m0/s1. The molecule has 0 bridgehead atoms. The average Bonchev–Trinajstić information content (AvgIpc) is 2.59. The average molecular weight is 296 g/mol. The molecule has 4 heteroatoms. The third-order valence-corrected chi connectivity index (χ3v) is 3.63. The third-order valence-electron chi connectivity index (χ3n) is 3.63. The van der Waals surface area contributed by atoms with Crippen LogP contribution in [0.25, 0.3) is 0 Å². The highest BCUT2D eigenvalue weighted by atomic mass is 16.5. The first-order valence-corrected chi connectivity index (χ1v) is 7.56. The number of rotatable bonds is 6. The SMILES string of the molecule is CCOCCOc1ccc([C@@H]2NN=Cc3ccccc32)cc1. The molecule has 0 fully saturated rings. The van der Waals surface area contributed by atoms with Gasteiger partial charge in [0.25, 0.3) is 0 Å². The summed E-state index contributed by atoms with van der Waals surface area (Å²) in [4.78, 5) is 0. The Morgan fingerprint density at radius 1 is 1.05 bits per heavy atom. The van der Waals surface area contributed by atoms with Crippen molar-refractivity contribution in [3.8, 4) is 5.75 Å². The number of hydrogen-bond donors (Lipinski definition) is 1. The molecule has 0 spiro atoms. The summed E-state index contributed by atoms with van der Waals surface area (Å²) < 4.78 is 10.9. The number of nitrogens with zero attached hydrogens (tertiary/aromatic N) is 1. The van der Waals surface area contributed by atoms with E-state index < -0.39 is 0 Å². The molecule has 1 heterocycles. The summed E-state index contributed by atoms with van der Waals surface area (Å²) >= 11 is 0. The van der Waals surface area contributed by atoms with Gasteiger partial charge in [0.2, 0.25) is 0 Å². The van der Waals surface area contributed by atoms with Gasteiger partial charge in [-0.05, 0) is 30.2 Å². The summed E-state index contributed by atoms with van der Waals surface area (Å²) in [7, 11) is 0. The molecule has 0 saturated heterocycles. The van der Waals surface area contributed by atoms with Crippen molar-refractivity contribution in [3.63, 3.8) is 0 Å². The zero-order valence-corrected chi connectivity index (χ0v) is 12.7. The van der Waals surface area contributed by atoms with Gasteiger partial charge in [0.15, 0.2) is 0 Å². The number of benzene rings is 2. The van der Waals surface area contributed by atoms with Crippen LogP contribution in [0.2, 0.25) is 0 Å². The Labute approximate surface area is 130 Å². The van der Waals surface area contributed by atoms with Crippen molar-refractivity contribution in [2.75, 3.05) is 19.8 Å². The van der Waals surface area contributed by atoms with E-state index in [9.17, 15) is 0 Å². The van der Waals surface area contributed by atoms with Gasteiger partial charge in [0.1, 0.15) is 12.4 Å². The lowest BCUT2D eigenvalue weighted by molar-refractivity contribution is 0.110. The van der Waals surface area contributed by atoms with E-state index in [-0.39, 0.29) is 6.04 Å². The summed E-state index contributed by atoms with van der Waals surface area (Å²) in [5.41, 5.74) is 6.74. The summed E-state index contributed by atoms with van der Waals surface area (Å²) in [5.74, 6) is 0.857. The molecule has 4 nitrogen and oxygen atoms in total. The molecule has 2 aromatic rings. The van der Waals surface area contributed by atoms with Crippen molar-refractivity contribution in [1.82, 2.24) is 5.43 Å². The van der Waals surface area contributed by atoms with Crippen LogP contribution in [-0.4, -0.2) is 26.0 Å². The van der Waals surface area contributed by atoms with E-state index in [0.717, 1.165) is 17.9 Å². The number of hydrogen-bond acceptors (Lipinski definition) is 4. The van der Waals surface area contributed by atoms with Crippen molar-refractivity contribution >= 4 is 6.21 Å². The van der Waals surface area contributed by atoms with Gasteiger partial charge < -0.3 is 9.47 Å². The highest BCUT2D eigenvalue weighted by Gasteiger charge is 2.18. The van der Waals surface area contributed by atoms with Gasteiger partial charge in [0, 0.05) is 12.2 Å². The molecular formula is C18H20N2O2. The molecular weight excluding hydrogens is 276 g/mol. The van der Waals surface area contributed by atoms with Crippen molar-refractivity contribution in [2.24, 2.45) is 5.10 Å². The van der Waals surface area contributed by atoms with Gasteiger partial charge in [-0.25, -0.2) is 0 Å². The van der Waals surface area contributed by atoms with Crippen LogP contribution < -0.4 is 10.2 Å². The molecule has 1 N–H and O–H groups in total. The first-order chi connectivity index (χ1) is 10.9. The van der Waals surface area contributed by atoms with Gasteiger partial charge in [0.05, 0.1) is 18.9 Å². The van der Waals surface area contributed by atoms with E-state index in [2.05, 4.69) is 40.9 Å². The van der Waals surface area contributed by atoms with E-state index in [4.69, 9.17) is 9.47 Å². The third kappa shape index (κ3) is 3.28. The van der Waals surface area contributed by atoms with Crippen LogP contribution in [0, 0.1) is 0 Å². The molecule has 1 aliphatic rings. The smallest absolute Gasteiger partial charge is 0.119 e. The van der Waals surface area contributed by atoms with Crippen LogP contribution in [-0.2, 0) is 4.74 Å². The predicted molar refractivity (Wildman–Crippen MR) is 87.4 cm³/mol. The van der Waals surface area contributed by atoms with E-state index >= 15 is 0 Å². The van der Waals surface area contributed by atoms with Crippen LogP contribution in [0.5, 0.6) is 5.75 Å². The second-order valence-electron chi connectivity index (χ2n) is 5.06. The largest absolute Gasteiger partial charge is 0.491 e. The quantitative estimate of drug-likeness (QED) is 0.833. The second kappa shape index (κ2) is 7.09. The van der Waals surface area contributed by atoms with Crippen LogP contribution in [0.4, 0.5) is 0 Å². The minimum atomic E-state index is 0.0821. The lowest BCUT2D eigenvalue weighted by Gasteiger charge is -2.23. The molecule has 0 radical (unpaired) electrons. The van der Waals surface area contributed by atoms with Crippen molar-refractivity contribution in [2.45, 2.75) is 13.0 Å². The number of fused-ring (bicyclic) bond motifs is 1. The number of nitrogens with one attached hydrogen (secondary N) is 1. The molecule has 1 atom stereocenters. The number of hydrazone groups is 1. The van der Waals surface area contributed by atoms with Gasteiger partial charge >= 0.3 is 0 Å². The maximum absolute atomic E-state index is 5.64. The van der Waals surface area contributed by atoms with Crippen LogP contribution >= 0.6 is 0 Å². The molecule has 0 aromatic heterocycles. The second-order valence-corrected chi connectivity index (χ2v) is 5.06. The zero-order valence-electron chi connectivity index (χ0n) is 12.7. The first kappa shape index (κ1) is 14.6. The van der Waals surface area contributed by atoms with E-state index in [0.29, 0.717) is 13.2 Å². The molecule has 2 aromatic carbocycles. The maximum atomic E-state index is 5.64. The summed E-state index contributed by atoms with van der Waals surface area (Å²) in [6, 6.07) is 16.5. The van der Waals surface area contributed by atoms with Crippen LogP contribution in [0.15, 0.2) is 53.6 Å². The highest BCUT2D eigenvalue weighted by molar-refractivity contribution is 5.83. The Hall–Kier alpha value is -2.33. The molecule has 0 unspecified atom stereocenters. The maximum Gasteiger partial charge on any atom is 0.119 e. The normalized spacial score (nSPS) is 16.0. The summed E-state index contributed by atoms with van der Waals surface area (Å²) in [6.45, 7) is 3.88. The molecule has 0 saturated carbocycles. The lowest BCUT2D eigenvalue weighted by atomic mass is 9.94. The molecule has 1 aliphatic heterocycles. The van der Waals surface area contributed by atoms with Crippen LogP contribution in [0.3, 0.4) is 0 Å². The van der Waals surface area contributed by atoms with E-state index in [1.165, 1.54) is 11.1 Å². The molecule has 114 valence electrons. The number of ether oxygens (including phenoxy) is 2. The Morgan fingerprint density at radius 2 is 1.86 bits per heavy atom. The van der Waals surface area contributed by atoms with Gasteiger partial charge in [-0.1, -0.05) is 36.4 Å². The Bertz CT molecular complexity index is 638. The van der Waals surface area contributed by atoms with Gasteiger partial charge in [-0.3, -0.25) is 5.43 Å². The van der Waals surface area contributed by atoms with Gasteiger partial charge in [-0.15, -0.1) is 0 Å². The fourth-order valence-electron chi connectivity index (χ4n) is 2.52. The van der Waals surface area contributed by atoms with E-state index in [1.54, 1.807) is 0 Å². The minimum Gasteiger partial charge on any atom is -0.491 e. The zero-order chi connectivity index (χ0) is 15.2. The highest BCUT2D eigenvalue weighted by Crippen LogP contribution is 2.28. The van der Waals surface area contributed by atoms with Crippen LogP contribution in [0.1, 0.15) is 29.7 Å². The van der Waals surface area contributed by atoms with E-state index in [1.807, 2.05) is 31.3 Å². The summed E-state index contributed by atoms with van der Waals surface area (Å²) in [5, 5.41) is 4.25. The van der Waals surface area contributed by atoms with Gasteiger partial charge in [-0.2, -0.15) is 5.10 Å². The molecule has 0 amide bonds. The molecule has 0 aliphatic carbocycles. The summed E-state index contributed by atoms with van der Waals surface area (Å²) in [6.07, 6.45) is 1.86. The fraction of sp³-hybridized carbons (Fsp3) is 0.278. The Kier molecular flexibility index (Phi) is 4.71. The Balaban J connectivity index is 1.70. The Morgan fingerprint density at radius 3 is 2.68 bits per heavy atom. The predicted octanol–water partition coefficient (Wildman–Crippen LogP) is 3.13. The van der Waals surface area contributed by atoms with Crippen molar-refractivity contribution in [3.05, 3.63) is 65.2 Å². The minimum absolute atomic E-state index is 0.0821. The molecule has 3 rings (SSSR count). The van der Waals surface area contributed by atoms with Crippen molar-refractivity contribution in [1.29, 1.82) is 0 Å². The fourth-order valence-corrected chi connectivity index (χ4v) is 2.52.